The van der Waals surface area contributed by atoms with E-state index in [1.165, 1.54) is 0 Å². The fourth-order valence-corrected chi connectivity index (χ4v) is 2.97. The minimum Gasteiger partial charge on any atom is -0.388 e. The lowest BCUT2D eigenvalue weighted by Gasteiger charge is -2.23. The zero-order chi connectivity index (χ0) is 17.3. The van der Waals surface area contributed by atoms with Gasteiger partial charge in [-0.1, -0.05) is 23.7 Å². The summed E-state index contributed by atoms with van der Waals surface area (Å²) in [6.07, 6.45) is 3.58. The second kappa shape index (κ2) is 6.78. The molecule has 1 amide bonds. The van der Waals surface area contributed by atoms with E-state index in [1.54, 1.807) is 25.3 Å². The normalized spacial score (nSPS) is 16.5. The maximum absolute atomic E-state index is 12.4. The highest BCUT2D eigenvalue weighted by molar-refractivity contribution is 9.10. The molecule has 5 nitrogen and oxygen atoms in total. The lowest BCUT2D eigenvalue weighted by atomic mass is 10.0. The van der Waals surface area contributed by atoms with Crippen LogP contribution in [0.2, 0.25) is 5.02 Å². The van der Waals surface area contributed by atoms with Crippen molar-refractivity contribution >= 4 is 33.4 Å². The molecule has 1 aromatic carbocycles. The highest BCUT2D eigenvalue weighted by atomic mass is 79.9. The molecule has 1 atom stereocenters. The van der Waals surface area contributed by atoms with Crippen LogP contribution in [-0.2, 0) is 0 Å². The molecule has 1 aliphatic rings. The molecular weight excluding hydrogens is 394 g/mol. The van der Waals surface area contributed by atoms with E-state index in [1.807, 2.05) is 12.1 Å². The molecular formula is C17H17BrClN3O2. The van der Waals surface area contributed by atoms with Gasteiger partial charge in [0.15, 0.2) is 5.69 Å². The highest BCUT2D eigenvalue weighted by Gasteiger charge is 2.40. The highest BCUT2D eigenvalue weighted by Crippen LogP contribution is 2.39. The zero-order valence-corrected chi connectivity index (χ0v) is 15.4. The predicted molar refractivity (Wildman–Crippen MR) is 95.9 cm³/mol. The number of halogens is 2. The molecule has 0 saturated heterocycles. The first-order valence-corrected chi connectivity index (χ1v) is 8.83. The molecule has 1 heterocycles. The van der Waals surface area contributed by atoms with Crippen molar-refractivity contribution in [3.8, 4) is 11.3 Å². The Morgan fingerprint density at radius 1 is 1.42 bits per heavy atom. The average Bonchev–Trinajstić information content (AvgIpc) is 3.39. The summed E-state index contributed by atoms with van der Waals surface area (Å²) in [4.78, 5) is 21.0. The van der Waals surface area contributed by atoms with Crippen molar-refractivity contribution in [2.24, 2.45) is 5.92 Å². The third kappa shape index (κ3) is 3.94. The molecule has 0 radical (unpaired) electrons. The minimum atomic E-state index is -0.886. The Kier molecular flexibility index (Phi) is 4.90. The maximum atomic E-state index is 12.4. The van der Waals surface area contributed by atoms with Gasteiger partial charge < -0.3 is 10.4 Å². The van der Waals surface area contributed by atoms with Crippen LogP contribution in [0.4, 0.5) is 0 Å². The van der Waals surface area contributed by atoms with Gasteiger partial charge in [-0.05, 0) is 53.7 Å². The van der Waals surface area contributed by atoms with Gasteiger partial charge >= 0.3 is 0 Å². The van der Waals surface area contributed by atoms with Crippen molar-refractivity contribution in [2.75, 3.05) is 6.54 Å². The molecule has 1 aromatic heterocycles. The Bertz CT molecular complexity index is 761. The van der Waals surface area contributed by atoms with Crippen LogP contribution in [0.25, 0.3) is 11.3 Å². The van der Waals surface area contributed by atoms with Crippen molar-refractivity contribution in [2.45, 2.75) is 25.4 Å². The summed E-state index contributed by atoms with van der Waals surface area (Å²) in [7, 11) is 0. The molecule has 7 heteroatoms. The van der Waals surface area contributed by atoms with E-state index in [9.17, 15) is 9.90 Å². The van der Waals surface area contributed by atoms with Crippen molar-refractivity contribution in [3.05, 3.63) is 45.8 Å². The van der Waals surface area contributed by atoms with Crippen molar-refractivity contribution in [3.63, 3.8) is 0 Å². The number of carbonyl (C=O) groups is 1. The van der Waals surface area contributed by atoms with Crippen LogP contribution in [0.1, 0.15) is 30.3 Å². The Hall–Kier alpha value is -1.50. The summed E-state index contributed by atoms with van der Waals surface area (Å²) in [5.74, 6) is -0.112. The lowest BCUT2D eigenvalue weighted by Crippen LogP contribution is -2.42. The number of benzene rings is 1. The van der Waals surface area contributed by atoms with Gasteiger partial charge in [0.1, 0.15) is 4.60 Å². The molecule has 24 heavy (non-hydrogen) atoms. The Balaban J connectivity index is 1.78. The smallest absolute Gasteiger partial charge is 0.272 e. The second-order valence-corrected chi connectivity index (χ2v) is 7.40. The number of nitrogens with zero attached hydrogens (tertiary/aromatic N) is 2. The van der Waals surface area contributed by atoms with Gasteiger partial charge in [-0.25, -0.2) is 9.97 Å². The van der Waals surface area contributed by atoms with Crippen molar-refractivity contribution in [1.82, 2.24) is 15.3 Å². The van der Waals surface area contributed by atoms with E-state index in [2.05, 4.69) is 31.2 Å². The first-order valence-electron chi connectivity index (χ1n) is 7.66. The molecule has 0 bridgehead atoms. The molecule has 1 aliphatic carbocycles. The summed E-state index contributed by atoms with van der Waals surface area (Å²) in [6, 6.07) is 7.15. The molecule has 0 aliphatic heterocycles. The van der Waals surface area contributed by atoms with Gasteiger partial charge in [-0.2, -0.15) is 0 Å². The van der Waals surface area contributed by atoms with Gasteiger partial charge in [-0.15, -0.1) is 0 Å². The van der Waals surface area contributed by atoms with Crippen LogP contribution < -0.4 is 5.32 Å². The van der Waals surface area contributed by atoms with Crippen LogP contribution in [-0.4, -0.2) is 33.1 Å². The van der Waals surface area contributed by atoms with E-state index in [-0.39, 0.29) is 24.1 Å². The van der Waals surface area contributed by atoms with Crippen LogP contribution >= 0.6 is 27.5 Å². The molecule has 1 fully saturated rings. The van der Waals surface area contributed by atoms with Crippen molar-refractivity contribution < 1.29 is 9.90 Å². The van der Waals surface area contributed by atoms with Gasteiger partial charge in [0.2, 0.25) is 0 Å². The molecule has 1 unspecified atom stereocenters. The number of rotatable bonds is 5. The van der Waals surface area contributed by atoms with E-state index in [0.29, 0.717) is 15.3 Å². The lowest BCUT2D eigenvalue weighted by molar-refractivity contribution is 0.0353. The third-order valence-electron chi connectivity index (χ3n) is 4.15. The van der Waals surface area contributed by atoms with Crippen LogP contribution in [0, 0.1) is 5.92 Å². The summed E-state index contributed by atoms with van der Waals surface area (Å²) in [5, 5.41) is 13.7. The standard InChI is InChI=1S/C17H17BrClN3O2/c1-17(24,11-4-5-11)9-21-16(23)14-15(18)20-8-13(22-14)10-2-6-12(19)7-3-10/h2-3,6-8,11,24H,4-5,9H2,1H3,(H,21,23). The van der Waals surface area contributed by atoms with Gasteiger partial charge in [0, 0.05) is 17.1 Å². The average molecular weight is 411 g/mol. The minimum absolute atomic E-state index is 0.189. The third-order valence-corrected chi connectivity index (χ3v) is 4.98. The fourth-order valence-electron chi connectivity index (χ4n) is 2.47. The first-order chi connectivity index (χ1) is 11.4. The number of carbonyl (C=O) groups excluding carboxylic acids is 1. The molecule has 126 valence electrons. The Labute approximate surface area is 153 Å². The zero-order valence-electron chi connectivity index (χ0n) is 13.1. The van der Waals surface area contributed by atoms with E-state index >= 15 is 0 Å². The van der Waals surface area contributed by atoms with Crippen LogP contribution in [0.3, 0.4) is 0 Å². The summed E-state index contributed by atoms with van der Waals surface area (Å²) >= 11 is 9.15. The molecule has 3 rings (SSSR count). The van der Waals surface area contributed by atoms with E-state index < -0.39 is 5.60 Å². The summed E-state index contributed by atoms with van der Waals surface area (Å²) < 4.78 is 0.365. The number of amides is 1. The number of hydrogen-bond acceptors (Lipinski definition) is 4. The topological polar surface area (TPSA) is 75.1 Å². The number of hydrogen-bond donors (Lipinski definition) is 2. The Morgan fingerprint density at radius 3 is 2.71 bits per heavy atom. The quantitative estimate of drug-likeness (QED) is 0.791. The summed E-state index contributed by atoms with van der Waals surface area (Å²) in [5.41, 5.74) is 0.699. The van der Waals surface area contributed by atoms with Gasteiger partial charge in [0.25, 0.3) is 5.91 Å². The van der Waals surface area contributed by atoms with E-state index in [0.717, 1.165) is 18.4 Å². The SMILES string of the molecule is CC(O)(CNC(=O)c1nc(-c2ccc(Cl)cc2)cnc1Br)C1CC1. The molecule has 2 aromatic rings. The predicted octanol–water partition coefficient (Wildman–Crippen LogP) is 3.45. The second-order valence-electron chi connectivity index (χ2n) is 6.22. The fraction of sp³-hybridized carbons (Fsp3) is 0.353. The van der Waals surface area contributed by atoms with Crippen LogP contribution in [0.15, 0.2) is 35.1 Å². The number of aliphatic hydroxyl groups is 1. The molecule has 1 saturated carbocycles. The summed E-state index contributed by atoms with van der Waals surface area (Å²) in [6.45, 7) is 1.94. The van der Waals surface area contributed by atoms with Gasteiger partial charge in [-0.3, -0.25) is 4.79 Å². The Morgan fingerprint density at radius 2 is 2.08 bits per heavy atom. The molecule has 2 N–H and O–H groups in total. The first kappa shape index (κ1) is 17.3. The maximum Gasteiger partial charge on any atom is 0.272 e. The molecule has 0 spiro atoms. The largest absolute Gasteiger partial charge is 0.388 e. The number of aromatic nitrogens is 2. The number of nitrogens with one attached hydrogen (secondary N) is 1. The van der Waals surface area contributed by atoms with Gasteiger partial charge in [0.05, 0.1) is 17.5 Å². The van der Waals surface area contributed by atoms with Crippen molar-refractivity contribution in [1.29, 1.82) is 0 Å². The van der Waals surface area contributed by atoms with Crippen LogP contribution in [0.5, 0.6) is 0 Å². The monoisotopic (exact) mass is 409 g/mol. The van der Waals surface area contributed by atoms with E-state index in [4.69, 9.17) is 11.6 Å².